The largest absolute Gasteiger partial charge is 0.234 e. The van der Waals surface area contributed by atoms with Crippen molar-refractivity contribution in [3.63, 3.8) is 0 Å². The lowest BCUT2D eigenvalue weighted by Crippen LogP contribution is -1.84. The minimum Gasteiger partial charge on any atom is -0.234 e. The van der Waals surface area contributed by atoms with Crippen LogP contribution in [-0.2, 0) is 0 Å². The Morgan fingerprint density at radius 1 is 1.58 bits per heavy atom. The number of thiol groups is 1. The predicted molar refractivity (Wildman–Crippen MR) is 51.7 cm³/mol. The van der Waals surface area contributed by atoms with Crippen LogP contribution < -0.4 is 0 Å². The van der Waals surface area contributed by atoms with E-state index in [2.05, 4.69) is 22.9 Å². The third-order valence-corrected chi connectivity index (χ3v) is 2.14. The molecule has 0 aliphatic heterocycles. The number of fused-ring (bicyclic) bond motifs is 1. The van der Waals surface area contributed by atoms with E-state index in [9.17, 15) is 0 Å². The molecular weight excluding hydrogens is 194 g/mol. The van der Waals surface area contributed by atoms with Gasteiger partial charge in [0.2, 0.25) is 0 Å². The molecule has 62 valence electrons. The van der Waals surface area contributed by atoms with Crippen LogP contribution in [0.2, 0.25) is 5.02 Å². The van der Waals surface area contributed by atoms with E-state index in [4.69, 9.17) is 11.6 Å². The number of nitrogens with zero attached hydrogens (tertiary/aromatic N) is 3. The van der Waals surface area contributed by atoms with E-state index in [1.165, 1.54) is 4.09 Å². The van der Waals surface area contributed by atoms with Gasteiger partial charge in [0.25, 0.3) is 0 Å². The van der Waals surface area contributed by atoms with Gasteiger partial charge in [-0.1, -0.05) is 11.6 Å². The maximum Gasteiger partial charge on any atom is 0.169 e. The summed E-state index contributed by atoms with van der Waals surface area (Å²) in [7, 11) is 0. The molecule has 0 bridgehead atoms. The SMILES string of the molecule is Cc1nn(S)c2ncc(Cl)cc12. The summed E-state index contributed by atoms with van der Waals surface area (Å²) in [5.41, 5.74) is 1.62. The van der Waals surface area contributed by atoms with Crippen LogP contribution in [0.25, 0.3) is 11.0 Å². The topological polar surface area (TPSA) is 30.7 Å². The second-order valence-electron chi connectivity index (χ2n) is 2.50. The molecule has 0 unspecified atom stereocenters. The second kappa shape index (κ2) is 2.64. The number of halogens is 1. The van der Waals surface area contributed by atoms with Gasteiger partial charge in [-0.25, -0.2) is 4.98 Å². The molecule has 0 radical (unpaired) electrons. The molecule has 0 aromatic carbocycles. The maximum atomic E-state index is 5.78. The fourth-order valence-electron chi connectivity index (χ4n) is 1.10. The third-order valence-electron chi connectivity index (χ3n) is 1.66. The Kier molecular flexibility index (Phi) is 1.73. The van der Waals surface area contributed by atoms with Crippen molar-refractivity contribution >= 4 is 35.4 Å². The van der Waals surface area contributed by atoms with Crippen LogP contribution in [0.5, 0.6) is 0 Å². The standard InChI is InChI=1S/C7H6ClN3S/c1-4-6-2-5(8)3-9-7(6)11(12)10-4/h2-3,12H,1H3. The van der Waals surface area contributed by atoms with Crippen molar-refractivity contribution < 1.29 is 0 Å². The highest BCUT2D eigenvalue weighted by atomic mass is 35.5. The lowest BCUT2D eigenvalue weighted by atomic mass is 10.3. The molecule has 0 saturated carbocycles. The Labute approximate surface area is 79.9 Å². The highest BCUT2D eigenvalue weighted by molar-refractivity contribution is 7.78. The summed E-state index contributed by atoms with van der Waals surface area (Å²) in [4.78, 5) is 4.09. The molecule has 2 aromatic heterocycles. The van der Waals surface area contributed by atoms with E-state index >= 15 is 0 Å². The van der Waals surface area contributed by atoms with Crippen molar-refractivity contribution in [1.82, 2.24) is 14.2 Å². The van der Waals surface area contributed by atoms with Crippen LogP contribution in [-0.4, -0.2) is 14.2 Å². The van der Waals surface area contributed by atoms with E-state index in [1.54, 1.807) is 6.20 Å². The van der Waals surface area contributed by atoms with Gasteiger partial charge in [0, 0.05) is 11.6 Å². The van der Waals surface area contributed by atoms with Gasteiger partial charge in [-0.2, -0.15) is 9.19 Å². The fraction of sp³-hybridized carbons (Fsp3) is 0.143. The van der Waals surface area contributed by atoms with E-state index in [0.717, 1.165) is 16.7 Å². The van der Waals surface area contributed by atoms with Crippen LogP contribution >= 0.6 is 24.4 Å². The van der Waals surface area contributed by atoms with Crippen LogP contribution in [0.15, 0.2) is 12.3 Å². The Hall–Kier alpha value is -0.740. The smallest absolute Gasteiger partial charge is 0.169 e. The molecule has 2 rings (SSSR count). The van der Waals surface area contributed by atoms with Gasteiger partial charge in [0.1, 0.15) is 0 Å². The van der Waals surface area contributed by atoms with E-state index < -0.39 is 0 Å². The monoisotopic (exact) mass is 199 g/mol. The summed E-state index contributed by atoms with van der Waals surface area (Å²) >= 11 is 9.88. The Balaban J connectivity index is 2.90. The molecular formula is C7H6ClN3S. The number of hydrogen-bond acceptors (Lipinski definition) is 3. The van der Waals surface area contributed by atoms with E-state index in [-0.39, 0.29) is 0 Å². The van der Waals surface area contributed by atoms with Gasteiger partial charge in [0.05, 0.1) is 10.7 Å². The Bertz CT molecular complexity index is 437. The van der Waals surface area contributed by atoms with Gasteiger partial charge in [-0.05, 0) is 25.8 Å². The zero-order chi connectivity index (χ0) is 8.72. The van der Waals surface area contributed by atoms with Crippen LogP contribution in [0, 0.1) is 6.92 Å². The van der Waals surface area contributed by atoms with E-state index in [0.29, 0.717) is 5.02 Å². The van der Waals surface area contributed by atoms with Gasteiger partial charge >= 0.3 is 0 Å². The second-order valence-corrected chi connectivity index (χ2v) is 3.31. The molecule has 5 heteroatoms. The molecule has 0 N–H and O–H groups in total. The number of aryl methyl sites for hydroxylation is 1. The van der Waals surface area contributed by atoms with Gasteiger partial charge in [-0.15, -0.1) is 0 Å². The minimum atomic E-state index is 0.618. The van der Waals surface area contributed by atoms with Crippen LogP contribution in [0.4, 0.5) is 0 Å². The molecule has 0 spiro atoms. The van der Waals surface area contributed by atoms with Crippen molar-refractivity contribution in [2.45, 2.75) is 6.92 Å². The summed E-state index contributed by atoms with van der Waals surface area (Å²) in [5.74, 6) is 0. The Morgan fingerprint density at radius 2 is 2.33 bits per heavy atom. The van der Waals surface area contributed by atoms with Crippen LogP contribution in [0.3, 0.4) is 0 Å². The lowest BCUT2D eigenvalue weighted by Gasteiger charge is -1.91. The van der Waals surface area contributed by atoms with Crippen molar-refractivity contribution in [1.29, 1.82) is 0 Å². The first-order chi connectivity index (χ1) is 5.68. The highest BCUT2D eigenvalue weighted by Gasteiger charge is 2.05. The molecule has 2 aromatic rings. The van der Waals surface area contributed by atoms with E-state index in [1.807, 2.05) is 13.0 Å². The average molecular weight is 200 g/mol. The molecule has 2 heterocycles. The van der Waals surface area contributed by atoms with Crippen molar-refractivity contribution in [3.05, 3.63) is 23.0 Å². The van der Waals surface area contributed by atoms with Gasteiger partial charge < -0.3 is 0 Å². The minimum absolute atomic E-state index is 0.618. The van der Waals surface area contributed by atoms with Gasteiger partial charge in [0.15, 0.2) is 5.65 Å². The molecule has 12 heavy (non-hydrogen) atoms. The maximum absolute atomic E-state index is 5.78. The predicted octanol–water partition coefficient (Wildman–Crippen LogP) is 2.09. The van der Waals surface area contributed by atoms with Crippen molar-refractivity contribution in [2.75, 3.05) is 0 Å². The first-order valence-corrected chi connectivity index (χ1v) is 4.16. The number of aromatic nitrogens is 3. The molecule has 0 amide bonds. The molecule has 0 aliphatic carbocycles. The number of pyridine rings is 1. The summed E-state index contributed by atoms with van der Waals surface area (Å²) < 4.78 is 1.45. The average Bonchev–Trinajstić information content (AvgIpc) is 2.28. The van der Waals surface area contributed by atoms with Crippen molar-refractivity contribution in [2.24, 2.45) is 0 Å². The molecule has 0 saturated heterocycles. The zero-order valence-electron chi connectivity index (χ0n) is 6.32. The van der Waals surface area contributed by atoms with Crippen LogP contribution in [0.1, 0.15) is 5.69 Å². The Morgan fingerprint density at radius 3 is 3.08 bits per heavy atom. The first kappa shape index (κ1) is 7.89. The number of rotatable bonds is 0. The normalized spacial score (nSPS) is 10.9. The fourth-order valence-corrected chi connectivity index (χ4v) is 1.55. The zero-order valence-corrected chi connectivity index (χ0v) is 7.97. The molecule has 3 nitrogen and oxygen atoms in total. The quantitative estimate of drug-likeness (QED) is 0.659. The number of hydrogen-bond donors (Lipinski definition) is 1. The van der Waals surface area contributed by atoms with Crippen molar-refractivity contribution in [3.8, 4) is 0 Å². The lowest BCUT2D eigenvalue weighted by molar-refractivity contribution is 0.998. The summed E-state index contributed by atoms with van der Waals surface area (Å²) in [6, 6.07) is 1.83. The summed E-state index contributed by atoms with van der Waals surface area (Å²) in [6.45, 7) is 1.90. The summed E-state index contributed by atoms with van der Waals surface area (Å²) in [5, 5.41) is 5.65. The molecule has 0 atom stereocenters. The highest BCUT2D eigenvalue weighted by Crippen LogP contribution is 2.19. The third kappa shape index (κ3) is 1.07. The first-order valence-electron chi connectivity index (χ1n) is 3.38. The van der Waals surface area contributed by atoms with Gasteiger partial charge in [-0.3, -0.25) is 0 Å². The molecule has 0 aliphatic rings. The summed E-state index contributed by atoms with van der Waals surface area (Å²) in [6.07, 6.45) is 1.58. The molecule has 0 fully saturated rings.